The van der Waals surface area contributed by atoms with Gasteiger partial charge in [-0.3, -0.25) is 4.79 Å². The first-order chi connectivity index (χ1) is 13.6. The predicted octanol–water partition coefficient (Wildman–Crippen LogP) is 2.82. The van der Waals surface area contributed by atoms with Crippen LogP contribution in [0.2, 0.25) is 0 Å². The number of rotatable bonds is 8. The van der Waals surface area contributed by atoms with Crippen LogP contribution in [0.15, 0.2) is 47.4 Å². The maximum absolute atomic E-state index is 12.7. The molecule has 0 aromatic heterocycles. The molecule has 0 unspecified atom stereocenters. The Bertz CT molecular complexity index is 980. The molecule has 7 nitrogen and oxygen atoms in total. The van der Waals surface area contributed by atoms with Gasteiger partial charge in [0.1, 0.15) is 0 Å². The van der Waals surface area contributed by atoms with Crippen molar-refractivity contribution in [3.05, 3.63) is 53.6 Å². The third-order valence-corrected chi connectivity index (χ3v) is 5.88. The second-order valence-corrected chi connectivity index (χ2v) is 8.49. The highest BCUT2D eigenvalue weighted by atomic mass is 32.2. The van der Waals surface area contributed by atoms with Crippen molar-refractivity contribution in [3.8, 4) is 11.5 Å². The van der Waals surface area contributed by atoms with Gasteiger partial charge in [-0.2, -0.15) is 8.78 Å². The first-order valence-electron chi connectivity index (χ1n) is 8.46. The number of methoxy groups -OCH3 is 1. The van der Waals surface area contributed by atoms with Crippen LogP contribution in [-0.2, 0) is 16.6 Å². The Morgan fingerprint density at radius 1 is 1.07 bits per heavy atom. The Morgan fingerprint density at radius 2 is 1.76 bits per heavy atom. The van der Waals surface area contributed by atoms with Crippen LogP contribution in [0.5, 0.6) is 11.5 Å². The van der Waals surface area contributed by atoms with Gasteiger partial charge in [0, 0.05) is 33.3 Å². The van der Waals surface area contributed by atoms with Gasteiger partial charge in [0.2, 0.25) is 10.0 Å². The summed E-state index contributed by atoms with van der Waals surface area (Å²) < 4.78 is 60.2. The summed E-state index contributed by atoms with van der Waals surface area (Å²) in [5.74, 6) is -0.419. The molecule has 2 rings (SSSR count). The fraction of sp³-hybridized carbons (Fsp3) is 0.316. The van der Waals surface area contributed by atoms with E-state index < -0.39 is 22.5 Å². The lowest BCUT2D eigenvalue weighted by molar-refractivity contribution is -0.0512. The highest BCUT2D eigenvalue weighted by Crippen LogP contribution is 2.30. The number of carbonyl (C=O) groups is 1. The minimum Gasteiger partial charge on any atom is -0.493 e. The number of amides is 1. The van der Waals surface area contributed by atoms with Gasteiger partial charge >= 0.3 is 6.61 Å². The number of sulfonamides is 1. The van der Waals surface area contributed by atoms with Gasteiger partial charge < -0.3 is 14.4 Å². The number of halogens is 2. The van der Waals surface area contributed by atoms with E-state index >= 15 is 0 Å². The van der Waals surface area contributed by atoms with E-state index in [2.05, 4.69) is 4.74 Å². The quantitative estimate of drug-likeness (QED) is 0.646. The third kappa shape index (κ3) is 5.42. The molecule has 0 atom stereocenters. The lowest BCUT2D eigenvalue weighted by Gasteiger charge is -2.19. The van der Waals surface area contributed by atoms with Crippen molar-refractivity contribution < 1.29 is 31.5 Å². The van der Waals surface area contributed by atoms with E-state index in [4.69, 9.17) is 4.74 Å². The maximum atomic E-state index is 12.7. The lowest BCUT2D eigenvalue weighted by Crippen LogP contribution is -2.27. The van der Waals surface area contributed by atoms with Crippen LogP contribution in [0.25, 0.3) is 0 Å². The number of ether oxygens (including phenoxy) is 2. The highest BCUT2D eigenvalue weighted by molar-refractivity contribution is 7.89. The van der Waals surface area contributed by atoms with Gasteiger partial charge in [-0.15, -0.1) is 0 Å². The summed E-state index contributed by atoms with van der Waals surface area (Å²) >= 11 is 0. The molecule has 2 aromatic carbocycles. The maximum Gasteiger partial charge on any atom is 0.387 e. The summed E-state index contributed by atoms with van der Waals surface area (Å²) in [7, 11) is 1.97. The molecule has 0 fully saturated rings. The van der Waals surface area contributed by atoms with Crippen LogP contribution < -0.4 is 9.47 Å². The summed E-state index contributed by atoms with van der Waals surface area (Å²) in [5, 5.41) is 0. The molecule has 0 heterocycles. The second-order valence-electron chi connectivity index (χ2n) is 6.34. The highest BCUT2D eigenvalue weighted by Gasteiger charge is 2.20. The Balaban J connectivity index is 2.24. The van der Waals surface area contributed by atoms with Crippen LogP contribution in [0.1, 0.15) is 15.9 Å². The molecule has 29 heavy (non-hydrogen) atoms. The van der Waals surface area contributed by atoms with Crippen molar-refractivity contribution in [2.24, 2.45) is 0 Å². The monoisotopic (exact) mass is 428 g/mol. The largest absolute Gasteiger partial charge is 0.493 e. The number of carbonyl (C=O) groups excluding carboxylic acids is 1. The molecule has 10 heteroatoms. The Morgan fingerprint density at radius 3 is 2.34 bits per heavy atom. The van der Waals surface area contributed by atoms with Crippen LogP contribution in [-0.4, -0.2) is 58.4 Å². The second kappa shape index (κ2) is 9.19. The summed E-state index contributed by atoms with van der Waals surface area (Å²) in [5.41, 5.74) is 0.724. The van der Waals surface area contributed by atoms with E-state index in [0.29, 0.717) is 5.56 Å². The van der Waals surface area contributed by atoms with E-state index in [1.54, 1.807) is 6.07 Å². The molecule has 0 aliphatic carbocycles. The van der Waals surface area contributed by atoms with Gasteiger partial charge in [-0.1, -0.05) is 12.1 Å². The summed E-state index contributed by atoms with van der Waals surface area (Å²) in [6.45, 7) is -2.92. The SMILES string of the molecule is COc1ccc(CN(C)C(=O)c2cccc(S(=O)(=O)N(C)C)c2)cc1OC(F)F. The van der Waals surface area contributed by atoms with Crippen molar-refractivity contribution in [2.45, 2.75) is 18.1 Å². The van der Waals surface area contributed by atoms with Crippen LogP contribution in [0, 0.1) is 0 Å². The van der Waals surface area contributed by atoms with Crippen molar-refractivity contribution in [2.75, 3.05) is 28.3 Å². The van der Waals surface area contributed by atoms with Gasteiger partial charge in [0.25, 0.3) is 5.91 Å². The van der Waals surface area contributed by atoms with E-state index in [-0.39, 0.29) is 28.5 Å². The van der Waals surface area contributed by atoms with E-state index in [1.807, 2.05) is 0 Å². The summed E-state index contributed by atoms with van der Waals surface area (Å²) in [4.78, 5) is 14.1. The molecular weight excluding hydrogens is 406 g/mol. The number of benzene rings is 2. The van der Waals surface area contributed by atoms with Gasteiger partial charge in [-0.25, -0.2) is 12.7 Å². The fourth-order valence-electron chi connectivity index (χ4n) is 2.57. The van der Waals surface area contributed by atoms with E-state index in [1.165, 1.54) is 69.6 Å². The predicted molar refractivity (Wildman–Crippen MR) is 103 cm³/mol. The van der Waals surface area contributed by atoms with Crippen molar-refractivity contribution in [1.82, 2.24) is 9.21 Å². The minimum absolute atomic E-state index is 0.00110. The molecule has 0 aliphatic heterocycles. The number of hydrogen-bond donors (Lipinski definition) is 0. The molecule has 0 spiro atoms. The van der Waals surface area contributed by atoms with Crippen LogP contribution >= 0.6 is 0 Å². The van der Waals surface area contributed by atoms with Crippen LogP contribution in [0.4, 0.5) is 8.78 Å². The average Bonchev–Trinajstić information content (AvgIpc) is 2.67. The molecule has 0 N–H and O–H groups in total. The Kier molecular flexibility index (Phi) is 7.15. The average molecular weight is 428 g/mol. The number of hydrogen-bond acceptors (Lipinski definition) is 5. The first kappa shape index (κ1) is 22.6. The topological polar surface area (TPSA) is 76.2 Å². The number of alkyl halides is 2. The van der Waals surface area contributed by atoms with Crippen molar-refractivity contribution >= 4 is 15.9 Å². The zero-order chi connectivity index (χ0) is 21.8. The molecule has 0 aliphatic rings. The molecule has 0 radical (unpaired) electrons. The minimum atomic E-state index is -3.68. The third-order valence-electron chi connectivity index (χ3n) is 4.07. The van der Waals surface area contributed by atoms with Gasteiger partial charge in [0.15, 0.2) is 11.5 Å². The molecule has 158 valence electrons. The molecule has 0 saturated carbocycles. The summed E-state index contributed by atoms with van der Waals surface area (Å²) in [6, 6.07) is 10.1. The molecular formula is C19H22F2N2O5S. The smallest absolute Gasteiger partial charge is 0.387 e. The number of nitrogens with zero attached hydrogens (tertiary/aromatic N) is 2. The zero-order valence-corrected chi connectivity index (χ0v) is 17.2. The van der Waals surface area contributed by atoms with Gasteiger partial charge in [-0.05, 0) is 35.9 Å². The first-order valence-corrected chi connectivity index (χ1v) is 9.90. The zero-order valence-electron chi connectivity index (χ0n) is 16.4. The summed E-state index contributed by atoms with van der Waals surface area (Å²) in [6.07, 6.45) is 0. The molecule has 1 amide bonds. The Hall–Kier alpha value is -2.72. The Labute approximate surface area is 168 Å². The lowest BCUT2D eigenvalue weighted by atomic mass is 10.1. The van der Waals surface area contributed by atoms with E-state index in [9.17, 15) is 22.0 Å². The standard InChI is InChI=1S/C19H22F2N2O5S/c1-22(2)29(25,26)15-7-5-6-14(11-15)18(24)23(3)12-13-8-9-16(27-4)17(10-13)28-19(20)21/h5-11,19H,12H2,1-4H3. The molecule has 0 bridgehead atoms. The fourth-order valence-corrected chi connectivity index (χ4v) is 3.52. The van der Waals surface area contributed by atoms with E-state index in [0.717, 1.165) is 4.31 Å². The normalized spacial score (nSPS) is 11.6. The van der Waals surface area contributed by atoms with Crippen molar-refractivity contribution in [3.63, 3.8) is 0 Å². The molecule has 0 saturated heterocycles. The van der Waals surface area contributed by atoms with Crippen molar-refractivity contribution in [1.29, 1.82) is 0 Å². The molecule has 2 aromatic rings. The van der Waals surface area contributed by atoms with Crippen LogP contribution in [0.3, 0.4) is 0 Å². The van der Waals surface area contributed by atoms with Gasteiger partial charge in [0.05, 0.1) is 12.0 Å².